The van der Waals surface area contributed by atoms with Crippen LogP contribution < -0.4 is 5.32 Å². The fourth-order valence-corrected chi connectivity index (χ4v) is 2.50. The van der Waals surface area contributed by atoms with Gasteiger partial charge in [-0.25, -0.2) is 4.98 Å². The van der Waals surface area contributed by atoms with Crippen LogP contribution in [-0.2, 0) is 4.79 Å². The lowest BCUT2D eigenvalue weighted by Crippen LogP contribution is -2.49. The zero-order chi connectivity index (χ0) is 16.3. The topological polar surface area (TPSA) is 78.9 Å². The second-order valence-corrected chi connectivity index (χ2v) is 6.76. The molecule has 1 aromatic heterocycles. The van der Waals surface area contributed by atoms with Crippen molar-refractivity contribution in [2.24, 2.45) is 5.92 Å². The third kappa shape index (κ3) is 3.73. The second-order valence-electron chi connectivity index (χ2n) is 5.40. The summed E-state index contributed by atoms with van der Waals surface area (Å²) in [6.45, 7) is 5.49. The van der Waals surface area contributed by atoms with E-state index in [0.717, 1.165) is 0 Å². The number of halogens is 1. The number of carbonyl (C=O) groups is 1. The summed E-state index contributed by atoms with van der Waals surface area (Å²) in [6.07, 6.45) is 0. The zero-order valence-electron chi connectivity index (χ0n) is 12.5. The first kappa shape index (κ1) is 16.7. The molecule has 0 spiro atoms. The van der Waals surface area contributed by atoms with Gasteiger partial charge in [0.1, 0.15) is 11.1 Å². The van der Waals surface area contributed by atoms with Gasteiger partial charge in [-0.05, 0) is 31.0 Å². The van der Waals surface area contributed by atoms with Gasteiger partial charge in [-0.2, -0.15) is 5.26 Å². The monoisotopic (exact) mass is 337 g/mol. The van der Waals surface area contributed by atoms with Gasteiger partial charge in [0, 0.05) is 5.02 Å². The van der Waals surface area contributed by atoms with E-state index in [1.54, 1.807) is 25.1 Å². The van der Waals surface area contributed by atoms with Crippen molar-refractivity contribution >= 4 is 40.4 Å². The molecule has 1 aromatic carbocycles. The van der Waals surface area contributed by atoms with Crippen LogP contribution in [0.4, 0.5) is 0 Å². The van der Waals surface area contributed by atoms with Crippen LogP contribution in [0.15, 0.2) is 27.8 Å². The van der Waals surface area contributed by atoms with Crippen LogP contribution >= 0.6 is 23.4 Å². The molecular formula is C15H16ClN3O2S. The highest BCUT2D eigenvalue weighted by molar-refractivity contribution is 7.99. The van der Waals surface area contributed by atoms with Crippen LogP contribution in [0.1, 0.15) is 20.8 Å². The second kappa shape index (κ2) is 6.59. The Balaban J connectivity index is 1.99. The molecule has 1 atom stereocenters. The maximum Gasteiger partial charge on any atom is 0.257 e. The fraction of sp³-hybridized carbons (Fsp3) is 0.400. The predicted octanol–water partition coefficient (Wildman–Crippen LogP) is 3.63. The van der Waals surface area contributed by atoms with E-state index < -0.39 is 5.54 Å². The Morgan fingerprint density at radius 2 is 2.32 bits per heavy atom. The highest BCUT2D eigenvalue weighted by Gasteiger charge is 2.29. The Bertz CT molecular complexity index is 738. The largest absolute Gasteiger partial charge is 0.431 e. The molecule has 1 N–H and O–H groups in total. The van der Waals surface area contributed by atoms with E-state index in [-0.39, 0.29) is 17.6 Å². The number of amides is 1. The van der Waals surface area contributed by atoms with E-state index in [0.29, 0.717) is 21.3 Å². The molecule has 0 bridgehead atoms. The summed E-state index contributed by atoms with van der Waals surface area (Å²) in [6, 6.07) is 7.30. The predicted molar refractivity (Wildman–Crippen MR) is 86.7 cm³/mol. The van der Waals surface area contributed by atoms with E-state index in [1.165, 1.54) is 11.8 Å². The highest BCUT2D eigenvalue weighted by Crippen LogP contribution is 2.25. The minimum atomic E-state index is -0.882. The van der Waals surface area contributed by atoms with Crippen molar-refractivity contribution < 1.29 is 9.21 Å². The average Bonchev–Trinajstić information content (AvgIpc) is 2.86. The van der Waals surface area contributed by atoms with Gasteiger partial charge in [-0.3, -0.25) is 4.79 Å². The maximum absolute atomic E-state index is 12.0. The SMILES string of the molecule is CC(C)[C@](C)(C#N)NC(=O)CSc1nc2cc(Cl)ccc2o1. The minimum absolute atomic E-state index is 0.0120. The number of benzene rings is 1. The number of thioether (sulfide) groups is 1. The molecule has 2 rings (SSSR count). The molecule has 116 valence electrons. The lowest BCUT2D eigenvalue weighted by Gasteiger charge is -2.27. The van der Waals surface area contributed by atoms with Crippen LogP contribution in [0, 0.1) is 17.2 Å². The third-order valence-electron chi connectivity index (χ3n) is 3.44. The standard InChI is InChI=1S/C15H16ClN3O2S/c1-9(2)15(3,8-17)19-13(20)7-22-14-18-11-6-10(16)4-5-12(11)21-14/h4-6,9H,7H2,1-3H3,(H,19,20)/t15-/m0/s1. The Morgan fingerprint density at radius 1 is 1.59 bits per heavy atom. The van der Waals surface area contributed by atoms with Crippen molar-refractivity contribution in [2.45, 2.75) is 31.5 Å². The Labute approximate surface area is 138 Å². The van der Waals surface area contributed by atoms with Crippen molar-refractivity contribution in [3.63, 3.8) is 0 Å². The van der Waals surface area contributed by atoms with Crippen molar-refractivity contribution in [3.05, 3.63) is 23.2 Å². The summed E-state index contributed by atoms with van der Waals surface area (Å²) in [7, 11) is 0. The van der Waals surface area contributed by atoms with Crippen LogP contribution in [0.25, 0.3) is 11.1 Å². The Morgan fingerprint density at radius 3 is 2.95 bits per heavy atom. The molecule has 22 heavy (non-hydrogen) atoms. The molecular weight excluding hydrogens is 322 g/mol. The van der Waals surface area contributed by atoms with E-state index in [1.807, 2.05) is 13.8 Å². The molecule has 0 aliphatic carbocycles. The summed E-state index contributed by atoms with van der Waals surface area (Å²) in [5, 5.41) is 12.9. The van der Waals surface area contributed by atoms with Crippen molar-refractivity contribution in [3.8, 4) is 6.07 Å². The molecule has 1 amide bonds. The van der Waals surface area contributed by atoms with E-state index in [2.05, 4.69) is 16.4 Å². The summed E-state index contributed by atoms with van der Waals surface area (Å²) >= 11 is 7.07. The molecule has 0 unspecified atom stereocenters. The number of nitriles is 1. The quantitative estimate of drug-likeness (QED) is 0.843. The maximum atomic E-state index is 12.0. The Hall–Kier alpha value is -1.71. The van der Waals surface area contributed by atoms with Gasteiger partial charge in [0.25, 0.3) is 5.22 Å². The molecule has 0 radical (unpaired) electrons. The van der Waals surface area contributed by atoms with E-state index >= 15 is 0 Å². The molecule has 0 aliphatic rings. The number of aromatic nitrogens is 1. The van der Waals surface area contributed by atoms with Crippen LogP contribution in [-0.4, -0.2) is 22.2 Å². The normalized spacial score (nSPS) is 13.8. The van der Waals surface area contributed by atoms with Crippen LogP contribution in [0.2, 0.25) is 5.02 Å². The third-order valence-corrected chi connectivity index (χ3v) is 4.51. The Kier molecular flexibility index (Phi) is 4.99. The molecule has 1 heterocycles. The number of oxazole rings is 1. The lowest BCUT2D eigenvalue weighted by atomic mass is 9.90. The van der Waals surface area contributed by atoms with Gasteiger partial charge in [0.05, 0.1) is 11.8 Å². The molecule has 0 saturated heterocycles. The first-order valence-electron chi connectivity index (χ1n) is 6.75. The number of hydrogen-bond acceptors (Lipinski definition) is 5. The molecule has 0 aliphatic heterocycles. The van der Waals surface area contributed by atoms with E-state index in [9.17, 15) is 10.1 Å². The van der Waals surface area contributed by atoms with Crippen molar-refractivity contribution in [1.82, 2.24) is 10.3 Å². The summed E-state index contributed by atoms with van der Waals surface area (Å²) < 4.78 is 5.53. The van der Waals surface area contributed by atoms with Crippen LogP contribution in [0.5, 0.6) is 0 Å². The number of carbonyl (C=O) groups excluding carboxylic acids is 1. The number of nitrogens with zero attached hydrogens (tertiary/aromatic N) is 2. The molecule has 5 nitrogen and oxygen atoms in total. The van der Waals surface area contributed by atoms with Gasteiger partial charge in [0.2, 0.25) is 5.91 Å². The zero-order valence-corrected chi connectivity index (χ0v) is 14.1. The minimum Gasteiger partial charge on any atom is -0.431 e. The number of fused-ring (bicyclic) bond motifs is 1. The van der Waals surface area contributed by atoms with Gasteiger partial charge >= 0.3 is 0 Å². The first-order chi connectivity index (χ1) is 10.3. The van der Waals surface area contributed by atoms with Gasteiger partial charge < -0.3 is 9.73 Å². The molecule has 0 fully saturated rings. The van der Waals surface area contributed by atoms with Gasteiger partial charge in [-0.15, -0.1) is 0 Å². The number of hydrogen-bond donors (Lipinski definition) is 1. The summed E-state index contributed by atoms with van der Waals surface area (Å²) in [5.41, 5.74) is 0.391. The smallest absolute Gasteiger partial charge is 0.257 e. The van der Waals surface area contributed by atoms with Crippen molar-refractivity contribution in [2.75, 3.05) is 5.75 Å². The number of rotatable bonds is 5. The van der Waals surface area contributed by atoms with E-state index in [4.69, 9.17) is 16.0 Å². The van der Waals surface area contributed by atoms with Gasteiger partial charge in [0.15, 0.2) is 5.58 Å². The van der Waals surface area contributed by atoms with Gasteiger partial charge in [-0.1, -0.05) is 37.2 Å². The lowest BCUT2D eigenvalue weighted by molar-refractivity contribution is -0.120. The average molecular weight is 338 g/mol. The molecule has 2 aromatic rings. The summed E-state index contributed by atoms with van der Waals surface area (Å²) in [4.78, 5) is 16.3. The molecule has 0 saturated carbocycles. The highest BCUT2D eigenvalue weighted by atomic mass is 35.5. The first-order valence-corrected chi connectivity index (χ1v) is 8.11. The molecule has 7 heteroatoms. The van der Waals surface area contributed by atoms with Crippen LogP contribution in [0.3, 0.4) is 0 Å². The summed E-state index contributed by atoms with van der Waals surface area (Å²) in [5.74, 6) is -0.0918. The fourth-order valence-electron chi connectivity index (χ4n) is 1.70. The number of nitrogens with one attached hydrogen (secondary N) is 1. The van der Waals surface area contributed by atoms with Crippen molar-refractivity contribution in [1.29, 1.82) is 5.26 Å².